The highest BCUT2D eigenvalue weighted by Gasteiger charge is 2.27. The summed E-state index contributed by atoms with van der Waals surface area (Å²) in [4.78, 5) is 14.9. The Labute approximate surface area is 157 Å². The molecular weight excluding hydrogens is 343 g/mol. The van der Waals surface area contributed by atoms with Crippen molar-refractivity contribution in [2.75, 3.05) is 19.7 Å². The van der Waals surface area contributed by atoms with Crippen molar-refractivity contribution in [2.45, 2.75) is 12.6 Å². The lowest BCUT2D eigenvalue weighted by atomic mass is 10.1. The largest absolute Gasteiger partial charge is 0.370 e. The van der Waals surface area contributed by atoms with E-state index >= 15 is 0 Å². The normalized spacial score (nSPS) is 17.1. The van der Waals surface area contributed by atoms with E-state index in [-0.39, 0.29) is 17.8 Å². The summed E-state index contributed by atoms with van der Waals surface area (Å²) in [6.07, 6.45) is 1.69. The first kappa shape index (κ1) is 17.5. The van der Waals surface area contributed by atoms with Gasteiger partial charge in [-0.05, 0) is 35.4 Å². The number of rotatable bonds is 4. The van der Waals surface area contributed by atoms with Crippen molar-refractivity contribution in [3.8, 4) is 0 Å². The van der Waals surface area contributed by atoms with Gasteiger partial charge in [0.1, 0.15) is 17.6 Å². The second-order valence-corrected chi connectivity index (χ2v) is 6.67. The number of aromatic nitrogens is 1. The van der Waals surface area contributed by atoms with Crippen molar-refractivity contribution >= 4 is 5.91 Å². The van der Waals surface area contributed by atoms with E-state index in [4.69, 9.17) is 4.74 Å². The Morgan fingerprint density at radius 3 is 2.59 bits per heavy atom. The van der Waals surface area contributed by atoms with E-state index in [1.165, 1.54) is 12.1 Å². The Hall–Kier alpha value is -2.92. The van der Waals surface area contributed by atoms with Gasteiger partial charge >= 0.3 is 0 Å². The van der Waals surface area contributed by atoms with E-state index in [2.05, 4.69) is 0 Å². The molecule has 138 valence electrons. The Morgan fingerprint density at radius 2 is 1.81 bits per heavy atom. The molecule has 0 N–H and O–H groups in total. The summed E-state index contributed by atoms with van der Waals surface area (Å²) >= 11 is 0. The van der Waals surface area contributed by atoms with Gasteiger partial charge in [-0.25, -0.2) is 4.39 Å². The number of benzene rings is 2. The molecule has 1 amide bonds. The van der Waals surface area contributed by atoms with Crippen molar-refractivity contribution in [1.82, 2.24) is 9.47 Å². The van der Waals surface area contributed by atoms with Crippen molar-refractivity contribution in [2.24, 2.45) is 0 Å². The molecule has 0 saturated carbocycles. The maximum absolute atomic E-state index is 13.2. The van der Waals surface area contributed by atoms with Gasteiger partial charge in [-0.15, -0.1) is 0 Å². The number of hydrogen-bond donors (Lipinski definition) is 0. The molecule has 1 saturated heterocycles. The fraction of sp³-hybridized carbons (Fsp3) is 0.227. The molecule has 2 heterocycles. The number of morpholine rings is 1. The lowest BCUT2D eigenvalue weighted by Gasteiger charge is -2.33. The van der Waals surface area contributed by atoms with Crippen LogP contribution in [0.1, 0.15) is 27.7 Å². The SMILES string of the molecule is O=C(c1cccn1Cc1ccccc1)N1CCOC(c2ccc(F)cc2)C1. The summed E-state index contributed by atoms with van der Waals surface area (Å²) in [7, 11) is 0. The van der Waals surface area contributed by atoms with Crippen LogP contribution in [-0.2, 0) is 11.3 Å². The molecule has 1 atom stereocenters. The molecule has 3 aromatic rings. The topological polar surface area (TPSA) is 34.5 Å². The lowest BCUT2D eigenvalue weighted by molar-refractivity contribution is -0.0231. The number of nitrogens with zero attached hydrogens (tertiary/aromatic N) is 2. The lowest BCUT2D eigenvalue weighted by Crippen LogP contribution is -2.42. The minimum absolute atomic E-state index is 0.00802. The number of halogens is 1. The zero-order chi connectivity index (χ0) is 18.6. The maximum atomic E-state index is 13.2. The van der Waals surface area contributed by atoms with Gasteiger partial charge in [0, 0.05) is 19.3 Å². The number of carbonyl (C=O) groups is 1. The van der Waals surface area contributed by atoms with Crippen LogP contribution in [0.3, 0.4) is 0 Å². The monoisotopic (exact) mass is 364 g/mol. The minimum Gasteiger partial charge on any atom is -0.370 e. The molecule has 0 bridgehead atoms. The van der Waals surface area contributed by atoms with Gasteiger partial charge in [0.05, 0.1) is 13.2 Å². The molecule has 27 heavy (non-hydrogen) atoms. The number of ether oxygens (including phenoxy) is 1. The first-order valence-electron chi connectivity index (χ1n) is 9.06. The van der Waals surface area contributed by atoms with Crippen LogP contribution in [0.5, 0.6) is 0 Å². The Kier molecular flexibility index (Phi) is 5.03. The molecule has 0 radical (unpaired) electrons. The summed E-state index contributed by atoms with van der Waals surface area (Å²) in [5, 5.41) is 0. The van der Waals surface area contributed by atoms with Crippen molar-refractivity contribution < 1.29 is 13.9 Å². The molecule has 4 rings (SSSR count). The highest BCUT2D eigenvalue weighted by atomic mass is 19.1. The second-order valence-electron chi connectivity index (χ2n) is 6.67. The quantitative estimate of drug-likeness (QED) is 0.704. The third kappa shape index (κ3) is 3.93. The van der Waals surface area contributed by atoms with Crippen molar-refractivity contribution in [3.63, 3.8) is 0 Å². The number of carbonyl (C=O) groups excluding carboxylic acids is 1. The maximum Gasteiger partial charge on any atom is 0.270 e. The molecule has 2 aromatic carbocycles. The van der Waals surface area contributed by atoms with E-state index in [0.29, 0.717) is 31.9 Å². The molecule has 1 aliphatic heterocycles. The number of amides is 1. The second kappa shape index (κ2) is 7.76. The van der Waals surface area contributed by atoms with Gasteiger partial charge in [-0.2, -0.15) is 0 Å². The first-order valence-corrected chi connectivity index (χ1v) is 9.06. The van der Waals surface area contributed by atoms with E-state index < -0.39 is 0 Å². The van der Waals surface area contributed by atoms with Crippen molar-refractivity contribution in [1.29, 1.82) is 0 Å². The Morgan fingerprint density at radius 1 is 1.04 bits per heavy atom. The standard InChI is InChI=1S/C22H21FN2O2/c23-19-10-8-18(9-11-19)21-16-25(13-14-27-21)22(26)20-7-4-12-24(20)15-17-5-2-1-3-6-17/h1-12,21H,13-16H2. The molecule has 5 heteroatoms. The predicted octanol–water partition coefficient (Wildman–Crippen LogP) is 3.89. The van der Waals surface area contributed by atoms with Gasteiger partial charge in [0.25, 0.3) is 5.91 Å². The molecule has 1 unspecified atom stereocenters. The van der Waals surface area contributed by atoms with Gasteiger partial charge in [-0.3, -0.25) is 4.79 Å². The number of hydrogen-bond acceptors (Lipinski definition) is 2. The average molecular weight is 364 g/mol. The van der Waals surface area contributed by atoms with Crippen molar-refractivity contribution in [3.05, 3.63) is 95.6 Å². The van der Waals surface area contributed by atoms with E-state index in [9.17, 15) is 9.18 Å². The summed E-state index contributed by atoms with van der Waals surface area (Å²) in [6.45, 7) is 2.13. The summed E-state index contributed by atoms with van der Waals surface area (Å²) < 4.78 is 20.9. The van der Waals surface area contributed by atoms with Crippen LogP contribution in [0.25, 0.3) is 0 Å². The molecule has 4 nitrogen and oxygen atoms in total. The highest BCUT2D eigenvalue weighted by molar-refractivity contribution is 5.93. The summed E-state index contributed by atoms with van der Waals surface area (Å²) in [6, 6.07) is 20.1. The van der Waals surface area contributed by atoms with E-state index in [1.807, 2.05) is 58.1 Å². The van der Waals surface area contributed by atoms with Crippen LogP contribution in [0.2, 0.25) is 0 Å². The smallest absolute Gasteiger partial charge is 0.270 e. The van der Waals surface area contributed by atoms with Gasteiger partial charge in [-0.1, -0.05) is 42.5 Å². The predicted molar refractivity (Wildman–Crippen MR) is 101 cm³/mol. The fourth-order valence-corrected chi connectivity index (χ4v) is 3.40. The van der Waals surface area contributed by atoms with Crippen LogP contribution in [0, 0.1) is 5.82 Å². The van der Waals surface area contributed by atoms with Gasteiger partial charge in [0.15, 0.2) is 0 Å². The van der Waals surface area contributed by atoms with Gasteiger partial charge in [0.2, 0.25) is 0 Å². The molecule has 1 aliphatic rings. The Bertz CT molecular complexity index is 906. The summed E-state index contributed by atoms with van der Waals surface area (Å²) in [5.41, 5.74) is 2.70. The van der Waals surface area contributed by atoms with Crippen LogP contribution in [-0.4, -0.2) is 35.1 Å². The molecule has 0 spiro atoms. The van der Waals surface area contributed by atoms with Gasteiger partial charge < -0.3 is 14.2 Å². The third-order valence-corrected chi connectivity index (χ3v) is 4.84. The Balaban J connectivity index is 1.49. The van der Waals surface area contributed by atoms with Crippen LogP contribution in [0.15, 0.2) is 72.9 Å². The third-order valence-electron chi connectivity index (χ3n) is 4.84. The van der Waals surface area contributed by atoms with E-state index in [1.54, 1.807) is 12.1 Å². The summed E-state index contributed by atoms with van der Waals surface area (Å²) in [5.74, 6) is -0.285. The van der Waals surface area contributed by atoms with Crippen LogP contribution < -0.4 is 0 Å². The zero-order valence-corrected chi connectivity index (χ0v) is 14.9. The van der Waals surface area contributed by atoms with Crippen LogP contribution >= 0.6 is 0 Å². The fourth-order valence-electron chi connectivity index (χ4n) is 3.40. The first-order chi connectivity index (χ1) is 13.2. The molecule has 1 fully saturated rings. The molecular formula is C22H21FN2O2. The molecule has 1 aromatic heterocycles. The molecule has 0 aliphatic carbocycles. The van der Waals surface area contributed by atoms with Crippen LogP contribution in [0.4, 0.5) is 4.39 Å². The highest BCUT2D eigenvalue weighted by Crippen LogP contribution is 2.24. The average Bonchev–Trinajstić information content (AvgIpc) is 3.17. The zero-order valence-electron chi connectivity index (χ0n) is 14.9. The minimum atomic E-state index is -0.277. The van der Waals surface area contributed by atoms with E-state index in [0.717, 1.165) is 11.1 Å².